The molecule has 0 unspecified atom stereocenters. The number of carbonyl (C=O) groups is 1. The van der Waals surface area contributed by atoms with Crippen LogP contribution in [0.5, 0.6) is 5.75 Å². The van der Waals surface area contributed by atoms with E-state index >= 15 is 0 Å². The summed E-state index contributed by atoms with van der Waals surface area (Å²) in [5.41, 5.74) is 3.30. The smallest absolute Gasteiger partial charge is 0.250 e. The summed E-state index contributed by atoms with van der Waals surface area (Å²) in [6, 6.07) is 3.23. The summed E-state index contributed by atoms with van der Waals surface area (Å²) in [6.07, 6.45) is 6.46. The molecule has 0 aliphatic carbocycles. The quantitative estimate of drug-likeness (QED) is 0.408. The Labute approximate surface area is 209 Å². The molecule has 7 heteroatoms. The van der Waals surface area contributed by atoms with Gasteiger partial charge in [-0.05, 0) is 63.5 Å². The third-order valence-electron chi connectivity index (χ3n) is 6.99. The van der Waals surface area contributed by atoms with Crippen LogP contribution in [0.2, 0.25) is 0 Å². The van der Waals surface area contributed by atoms with Gasteiger partial charge in [0.1, 0.15) is 5.75 Å². The maximum absolute atomic E-state index is 12.7. The summed E-state index contributed by atoms with van der Waals surface area (Å²) in [4.78, 5) is 12.7. The monoisotopic (exact) mass is 489 g/mol. The molecule has 0 spiro atoms. The lowest BCUT2D eigenvalue weighted by Gasteiger charge is -2.28. The molecule has 0 saturated heterocycles. The highest BCUT2D eigenvalue weighted by atomic mass is 16.5. The number of nitrogens with one attached hydrogen (secondary N) is 1. The number of methoxy groups -OCH3 is 1. The van der Waals surface area contributed by atoms with Gasteiger partial charge >= 0.3 is 0 Å². The number of aliphatic hydroxyl groups excluding tert-OH is 3. The summed E-state index contributed by atoms with van der Waals surface area (Å²) < 4.78 is 5.64. The first kappa shape index (κ1) is 29.0. The predicted molar refractivity (Wildman–Crippen MR) is 138 cm³/mol. The molecule has 1 aromatic rings. The van der Waals surface area contributed by atoms with Crippen LogP contribution in [0.4, 0.5) is 5.69 Å². The van der Waals surface area contributed by atoms with E-state index < -0.39 is 6.10 Å². The number of hydrogen-bond donors (Lipinski definition) is 5. The average Bonchev–Trinajstić information content (AvgIpc) is 2.80. The zero-order valence-corrected chi connectivity index (χ0v) is 21.8. The first-order chi connectivity index (χ1) is 16.6. The van der Waals surface area contributed by atoms with Crippen molar-refractivity contribution in [2.45, 2.75) is 78.6 Å². The van der Waals surface area contributed by atoms with Gasteiger partial charge in [0.2, 0.25) is 0 Å². The SMILES string of the molecule is CO[C@H]1CC/C=C(\C)C(=O)Nc2cc(O)c(CO)c(c2)C[C@@H](C)C[C@H](CO)[C@H](O)[C@@H](C)/C=C(\C)C1. The van der Waals surface area contributed by atoms with E-state index in [-0.39, 0.29) is 48.7 Å². The van der Waals surface area contributed by atoms with Crippen molar-refractivity contribution < 1.29 is 30.0 Å². The fourth-order valence-electron chi connectivity index (χ4n) is 4.96. The van der Waals surface area contributed by atoms with Crippen LogP contribution in [-0.4, -0.2) is 52.3 Å². The molecule has 196 valence electrons. The Morgan fingerprint density at radius 2 is 1.86 bits per heavy atom. The van der Waals surface area contributed by atoms with E-state index in [4.69, 9.17) is 4.74 Å². The third kappa shape index (κ3) is 8.46. The molecule has 1 aliphatic rings. The van der Waals surface area contributed by atoms with Crippen molar-refractivity contribution in [3.05, 3.63) is 46.6 Å². The molecule has 1 aliphatic heterocycles. The molecule has 0 aromatic heterocycles. The summed E-state index contributed by atoms with van der Waals surface area (Å²) in [7, 11) is 1.68. The van der Waals surface area contributed by atoms with Crippen LogP contribution in [0.25, 0.3) is 0 Å². The molecule has 2 rings (SSSR count). The van der Waals surface area contributed by atoms with Gasteiger partial charge in [0.05, 0.1) is 18.8 Å². The van der Waals surface area contributed by atoms with Gasteiger partial charge in [-0.2, -0.15) is 0 Å². The molecular formula is C28H43NO6. The number of hydrogen-bond acceptors (Lipinski definition) is 6. The van der Waals surface area contributed by atoms with Crippen molar-refractivity contribution in [2.24, 2.45) is 17.8 Å². The second-order valence-electron chi connectivity index (χ2n) is 10.1. The Hall–Kier alpha value is -2.19. The number of benzene rings is 1. The van der Waals surface area contributed by atoms with Crippen molar-refractivity contribution in [3.63, 3.8) is 0 Å². The van der Waals surface area contributed by atoms with Gasteiger partial charge in [-0.25, -0.2) is 0 Å². The number of amides is 1. The number of aliphatic hydroxyl groups is 3. The first-order valence-electron chi connectivity index (χ1n) is 12.5. The van der Waals surface area contributed by atoms with E-state index in [0.29, 0.717) is 36.1 Å². The molecule has 1 heterocycles. The lowest BCUT2D eigenvalue weighted by molar-refractivity contribution is -0.112. The van der Waals surface area contributed by atoms with Crippen LogP contribution in [0.15, 0.2) is 35.4 Å². The number of allylic oxidation sites excluding steroid dienone is 1. The van der Waals surface area contributed by atoms with Crippen LogP contribution < -0.4 is 5.32 Å². The van der Waals surface area contributed by atoms with Crippen molar-refractivity contribution in [3.8, 4) is 5.75 Å². The van der Waals surface area contributed by atoms with E-state index in [9.17, 15) is 25.2 Å². The molecule has 1 aromatic carbocycles. The third-order valence-corrected chi connectivity index (χ3v) is 6.99. The van der Waals surface area contributed by atoms with Crippen molar-refractivity contribution >= 4 is 11.6 Å². The predicted octanol–water partition coefficient (Wildman–Crippen LogP) is 4.09. The summed E-state index contributed by atoms with van der Waals surface area (Å²) in [5.74, 6) is -0.721. The van der Waals surface area contributed by atoms with Gasteiger partial charge in [0, 0.05) is 48.4 Å². The Balaban J connectivity index is 2.43. The molecule has 7 nitrogen and oxygen atoms in total. The number of aromatic hydroxyl groups is 1. The van der Waals surface area contributed by atoms with Crippen LogP contribution in [0.3, 0.4) is 0 Å². The molecule has 0 fully saturated rings. The Morgan fingerprint density at radius 1 is 1.14 bits per heavy atom. The zero-order valence-electron chi connectivity index (χ0n) is 21.8. The maximum atomic E-state index is 12.7. The highest BCUT2D eigenvalue weighted by Gasteiger charge is 2.26. The molecule has 1 amide bonds. The minimum absolute atomic E-state index is 0.0102. The Morgan fingerprint density at radius 3 is 2.49 bits per heavy atom. The van der Waals surface area contributed by atoms with E-state index in [1.54, 1.807) is 20.1 Å². The highest BCUT2D eigenvalue weighted by molar-refractivity contribution is 6.03. The highest BCUT2D eigenvalue weighted by Crippen LogP contribution is 2.31. The second-order valence-corrected chi connectivity index (χ2v) is 10.1. The molecule has 2 bridgehead atoms. The molecule has 0 radical (unpaired) electrons. The minimum Gasteiger partial charge on any atom is -0.507 e. The van der Waals surface area contributed by atoms with E-state index in [2.05, 4.69) is 11.4 Å². The number of anilines is 1. The minimum atomic E-state index is -0.706. The fourth-order valence-corrected chi connectivity index (χ4v) is 4.96. The average molecular weight is 490 g/mol. The number of carbonyl (C=O) groups excluding carboxylic acids is 1. The number of fused-ring (bicyclic) bond motifs is 2. The fraction of sp³-hybridized carbons (Fsp3) is 0.607. The molecule has 5 atom stereocenters. The van der Waals surface area contributed by atoms with Gasteiger partial charge < -0.3 is 30.5 Å². The Kier molecular flexibility index (Phi) is 11.4. The normalized spacial score (nSPS) is 30.6. The molecule has 35 heavy (non-hydrogen) atoms. The summed E-state index contributed by atoms with van der Waals surface area (Å²) in [6.45, 7) is 7.30. The number of phenols is 1. The van der Waals surface area contributed by atoms with Crippen LogP contribution >= 0.6 is 0 Å². The van der Waals surface area contributed by atoms with E-state index in [1.165, 1.54) is 6.07 Å². The van der Waals surface area contributed by atoms with Gasteiger partial charge in [-0.15, -0.1) is 0 Å². The van der Waals surface area contributed by atoms with Gasteiger partial charge in [0.25, 0.3) is 5.91 Å². The van der Waals surface area contributed by atoms with Gasteiger partial charge in [-0.1, -0.05) is 31.6 Å². The molecular weight excluding hydrogens is 446 g/mol. The lowest BCUT2D eigenvalue weighted by atomic mass is 9.82. The van der Waals surface area contributed by atoms with Crippen molar-refractivity contribution in [2.75, 3.05) is 19.0 Å². The zero-order chi connectivity index (χ0) is 26.1. The number of rotatable bonds is 3. The molecule has 0 saturated carbocycles. The second kappa shape index (κ2) is 13.8. The van der Waals surface area contributed by atoms with E-state index in [1.807, 2.05) is 26.8 Å². The summed E-state index contributed by atoms with van der Waals surface area (Å²) in [5, 5.41) is 44.2. The van der Waals surface area contributed by atoms with Gasteiger partial charge in [-0.3, -0.25) is 4.79 Å². The Bertz CT molecular complexity index is 909. The van der Waals surface area contributed by atoms with Crippen LogP contribution in [0, 0.1) is 17.8 Å². The van der Waals surface area contributed by atoms with Crippen molar-refractivity contribution in [1.29, 1.82) is 0 Å². The molecule has 5 N–H and O–H groups in total. The van der Waals surface area contributed by atoms with Crippen molar-refractivity contribution in [1.82, 2.24) is 0 Å². The number of ether oxygens (including phenoxy) is 1. The van der Waals surface area contributed by atoms with E-state index in [0.717, 1.165) is 24.0 Å². The first-order valence-corrected chi connectivity index (χ1v) is 12.5. The largest absolute Gasteiger partial charge is 0.507 e. The summed E-state index contributed by atoms with van der Waals surface area (Å²) >= 11 is 0. The lowest BCUT2D eigenvalue weighted by Crippen LogP contribution is -2.31. The maximum Gasteiger partial charge on any atom is 0.250 e. The van der Waals surface area contributed by atoms with Crippen LogP contribution in [0.1, 0.15) is 64.5 Å². The van der Waals surface area contributed by atoms with Gasteiger partial charge in [0.15, 0.2) is 0 Å². The van der Waals surface area contributed by atoms with Crippen LogP contribution in [-0.2, 0) is 22.6 Å². The standard InChI is InChI=1S/C28H43NO6/c1-17-9-20(4)27(33)22(15-30)11-18(2)10-21-13-23(14-26(32)25(21)16-31)29-28(34)19(3)7-6-8-24(12-17)35-5/h7,9,13-14,18,20,22,24,27,30-33H,6,8,10-12,15-16H2,1-5H3,(H,29,34)/b17-9+,19-7+/t18-,20+,22-,24+,27-/m1/s1. The topological polar surface area (TPSA) is 119 Å².